The number of hydrogen-bond acceptors (Lipinski definition) is 9. The second-order valence-corrected chi connectivity index (χ2v) is 9.79. The Hall–Kier alpha value is -5.49. The number of carbonyl (C=O) groups is 2. The van der Waals surface area contributed by atoms with Crippen molar-refractivity contribution in [2.75, 3.05) is 26.5 Å². The van der Waals surface area contributed by atoms with E-state index in [9.17, 15) is 22.8 Å². The number of amides is 2. The first kappa shape index (κ1) is 31.4. The first-order valence-electron chi connectivity index (χ1n) is 13.1. The van der Waals surface area contributed by atoms with Gasteiger partial charge >= 0.3 is 6.18 Å². The maximum atomic E-state index is 13.8. The van der Waals surface area contributed by atoms with Crippen LogP contribution in [-0.2, 0) is 22.3 Å². The highest BCUT2D eigenvalue weighted by atomic mass is 19.4. The molecule has 4 aromatic rings. The van der Waals surface area contributed by atoms with Gasteiger partial charge in [-0.3, -0.25) is 9.59 Å². The zero-order chi connectivity index (χ0) is 32.0. The highest BCUT2D eigenvalue weighted by Gasteiger charge is 2.32. The molecule has 15 heteroatoms. The van der Waals surface area contributed by atoms with Crippen LogP contribution in [0.15, 0.2) is 70.8 Å². The smallest absolute Gasteiger partial charge is 0.416 e. The van der Waals surface area contributed by atoms with Crippen molar-refractivity contribution in [3.05, 3.63) is 95.0 Å². The van der Waals surface area contributed by atoms with Gasteiger partial charge in [0.25, 0.3) is 11.8 Å². The number of alkyl halides is 3. The topological polar surface area (TPSA) is 154 Å². The molecular formula is C29H28F3N9O3. The molecule has 0 spiro atoms. The van der Waals surface area contributed by atoms with Gasteiger partial charge < -0.3 is 25.3 Å². The van der Waals surface area contributed by atoms with Crippen molar-refractivity contribution in [1.29, 1.82) is 5.26 Å². The Balaban J connectivity index is 1.76. The number of hydrogen-bond donors (Lipinski definition) is 3. The van der Waals surface area contributed by atoms with E-state index in [-0.39, 0.29) is 23.0 Å². The minimum atomic E-state index is -4.65. The van der Waals surface area contributed by atoms with Crippen LogP contribution in [0.25, 0.3) is 11.4 Å². The van der Waals surface area contributed by atoms with Crippen LogP contribution in [0.5, 0.6) is 0 Å². The van der Waals surface area contributed by atoms with Crippen molar-refractivity contribution >= 4 is 23.2 Å². The lowest BCUT2D eigenvalue weighted by atomic mass is 10.1. The van der Waals surface area contributed by atoms with Crippen molar-refractivity contribution in [3.8, 4) is 11.8 Å². The van der Waals surface area contributed by atoms with Gasteiger partial charge in [0.05, 0.1) is 47.0 Å². The quantitative estimate of drug-likeness (QED) is 0.139. The van der Waals surface area contributed by atoms with E-state index in [2.05, 4.69) is 31.2 Å². The minimum absolute atomic E-state index is 0.0138. The van der Waals surface area contributed by atoms with E-state index in [0.717, 1.165) is 18.2 Å². The molecule has 0 saturated heterocycles. The van der Waals surface area contributed by atoms with Gasteiger partial charge in [-0.15, -0.1) is 10.2 Å². The molecule has 1 atom stereocenters. The van der Waals surface area contributed by atoms with Crippen LogP contribution in [0.4, 0.5) is 18.9 Å². The zero-order valence-electron chi connectivity index (χ0n) is 24.1. The summed E-state index contributed by atoms with van der Waals surface area (Å²) in [6.07, 6.45) is -3.20. The molecule has 0 aliphatic heterocycles. The van der Waals surface area contributed by atoms with E-state index >= 15 is 0 Å². The van der Waals surface area contributed by atoms with Crippen molar-refractivity contribution in [1.82, 2.24) is 35.5 Å². The molecule has 4 rings (SSSR count). The van der Waals surface area contributed by atoms with Gasteiger partial charge in [0.1, 0.15) is 11.6 Å². The largest absolute Gasteiger partial charge is 0.422 e. The van der Waals surface area contributed by atoms with Crippen LogP contribution in [0, 0.1) is 11.3 Å². The highest BCUT2D eigenvalue weighted by Crippen LogP contribution is 2.31. The summed E-state index contributed by atoms with van der Waals surface area (Å²) in [5, 5.41) is 29.3. The summed E-state index contributed by atoms with van der Waals surface area (Å²) < 4.78 is 47.1. The second kappa shape index (κ2) is 13.2. The lowest BCUT2D eigenvalue weighted by molar-refractivity contribution is -0.137. The average molecular weight is 608 g/mol. The summed E-state index contributed by atoms with van der Waals surface area (Å²) in [4.78, 5) is 29.3. The van der Waals surface area contributed by atoms with Gasteiger partial charge in [-0.05, 0) is 69.6 Å². The molecule has 228 valence electrons. The van der Waals surface area contributed by atoms with Gasteiger partial charge in [0, 0.05) is 12.7 Å². The van der Waals surface area contributed by atoms with E-state index in [1.54, 1.807) is 37.3 Å². The van der Waals surface area contributed by atoms with Crippen LogP contribution in [0.2, 0.25) is 0 Å². The highest BCUT2D eigenvalue weighted by molar-refractivity contribution is 6.27. The van der Waals surface area contributed by atoms with Crippen LogP contribution >= 0.6 is 0 Å². The van der Waals surface area contributed by atoms with Crippen molar-refractivity contribution < 1.29 is 27.2 Å². The molecule has 2 heterocycles. The minimum Gasteiger partial charge on any atom is -0.422 e. The fraction of sp³-hybridized carbons (Fsp3) is 0.241. The summed E-state index contributed by atoms with van der Waals surface area (Å²) in [7, 11) is 5.11. The molecule has 2 aromatic carbocycles. The van der Waals surface area contributed by atoms with Crippen molar-refractivity contribution in [2.24, 2.45) is 0 Å². The fourth-order valence-corrected chi connectivity index (χ4v) is 4.16. The SMILES string of the molecule is CN/C(=C(\C(=O)Nc1cccc(C(F)(F)F)c1)C(=O)N[C@@H](C)c1nnc(CN(C)C)o1)c1ccnn1-c1ccc(C#N)cc1. The number of nitriles is 1. The second-order valence-electron chi connectivity index (χ2n) is 9.79. The first-order chi connectivity index (χ1) is 20.9. The summed E-state index contributed by atoms with van der Waals surface area (Å²) in [6, 6.07) is 13.2. The summed E-state index contributed by atoms with van der Waals surface area (Å²) >= 11 is 0. The lowest BCUT2D eigenvalue weighted by Gasteiger charge is -2.18. The van der Waals surface area contributed by atoms with Gasteiger partial charge in [0.15, 0.2) is 0 Å². The van der Waals surface area contributed by atoms with Gasteiger partial charge in [-0.2, -0.15) is 23.5 Å². The van der Waals surface area contributed by atoms with E-state index in [1.165, 1.54) is 24.0 Å². The van der Waals surface area contributed by atoms with E-state index in [1.807, 2.05) is 25.1 Å². The summed E-state index contributed by atoms with van der Waals surface area (Å²) in [5.41, 5.74) is -0.389. The monoisotopic (exact) mass is 607 g/mol. The molecule has 2 aromatic heterocycles. The van der Waals surface area contributed by atoms with Crippen LogP contribution < -0.4 is 16.0 Å². The fourth-order valence-electron chi connectivity index (χ4n) is 4.16. The maximum Gasteiger partial charge on any atom is 0.416 e. The van der Waals surface area contributed by atoms with Crippen molar-refractivity contribution in [2.45, 2.75) is 25.7 Å². The molecule has 44 heavy (non-hydrogen) atoms. The molecule has 0 saturated carbocycles. The summed E-state index contributed by atoms with van der Waals surface area (Å²) in [6.45, 7) is 1.94. The Labute approximate surface area is 250 Å². The molecule has 0 aliphatic carbocycles. The molecule has 2 amide bonds. The Morgan fingerprint density at radius 2 is 1.82 bits per heavy atom. The van der Waals surface area contributed by atoms with E-state index in [0.29, 0.717) is 23.7 Å². The number of benzene rings is 2. The number of halogens is 3. The normalized spacial score (nSPS) is 12.7. The van der Waals surface area contributed by atoms with Crippen molar-refractivity contribution in [3.63, 3.8) is 0 Å². The molecule has 0 aliphatic rings. The van der Waals surface area contributed by atoms with Gasteiger partial charge in [0.2, 0.25) is 11.8 Å². The summed E-state index contributed by atoms with van der Waals surface area (Å²) in [5.74, 6) is -1.48. The Morgan fingerprint density at radius 1 is 1.09 bits per heavy atom. The predicted molar refractivity (Wildman–Crippen MR) is 153 cm³/mol. The van der Waals surface area contributed by atoms with Gasteiger partial charge in [-0.25, -0.2) is 4.68 Å². The first-order valence-corrected chi connectivity index (χ1v) is 13.1. The molecule has 0 fully saturated rings. The zero-order valence-corrected chi connectivity index (χ0v) is 24.1. The molecule has 0 unspecified atom stereocenters. The van der Waals surface area contributed by atoms with Gasteiger partial charge in [-0.1, -0.05) is 6.07 Å². The third kappa shape index (κ3) is 7.28. The number of nitrogens with one attached hydrogen (secondary N) is 3. The molecule has 0 radical (unpaired) electrons. The number of aromatic nitrogens is 4. The molecule has 3 N–H and O–H groups in total. The van der Waals surface area contributed by atoms with E-state index < -0.39 is 35.2 Å². The predicted octanol–water partition coefficient (Wildman–Crippen LogP) is 3.65. The van der Waals surface area contributed by atoms with Crippen LogP contribution in [0.3, 0.4) is 0 Å². The van der Waals surface area contributed by atoms with E-state index in [4.69, 9.17) is 9.68 Å². The van der Waals surface area contributed by atoms with Crippen LogP contribution in [-0.4, -0.2) is 57.8 Å². The molecular weight excluding hydrogens is 579 g/mol. The number of carbonyl (C=O) groups excluding carboxylic acids is 2. The lowest BCUT2D eigenvalue weighted by Crippen LogP contribution is -2.35. The Kier molecular flexibility index (Phi) is 9.44. The number of nitrogens with zero attached hydrogens (tertiary/aromatic N) is 6. The third-order valence-electron chi connectivity index (χ3n) is 6.19. The average Bonchev–Trinajstić information content (AvgIpc) is 3.65. The number of anilines is 1. The third-order valence-corrected chi connectivity index (χ3v) is 6.19. The number of rotatable bonds is 10. The molecule has 0 bridgehead atoms. The van der Waals surface area contributed by atoms with Crippen LogP contribution in [0.1, 0.15) is 41.6 Å². The molecule has 12 nitrogen and oxygen atoms in total. The maximum absolute atomic E-state index is 13.8. The Bertz CT molecular complexity index is 1720. The standard InChI is InChI=1S/C29H28F3N9O3/c1-17(28-39-38-23(44-28)16-40(3)4)36-26(42)24(27(43)37-20-7-5-6-19(14-20)29(30,31)32)25(34-2)22-12-13-35-41(22)21-10-8-18(15-33)9-11-21/h5-14,17,34H,16H2,1-4H3,(H,36,42)(H,37,43)/b25-24-/t17-/m0/s1. The Morgan fingerprint density at radius 3 is 2.45 bits per heavy atom.